The minimum absolute atomic E-state index is 0.0578. The van der Waals surface area contributed by atoms with Gasteiger partial charge in [0.15, 0.2) is 0 Å². The van der Waals surface area contributed by atoms with Crippen molar-refractivity contribution in [1.29, 1.82) is 0 Å². The van der Waals surface area contributed by atoms with Gasteiger partial charge in [-0.3, -0.25) is 4.79 Å². The van der Waals surface area contributed by atoms with Crippen LogP contribution < -0.4 is 5.73 Å². The molecular weight excluding hydrogens is 376 g/mol. The number of nitrogen functional groups attached to an aromatic ring is 1. The van der Waals surface area contributed by atoms with Gasteiger partial charge in [-0.25, -0.2) is 9.97 Å². The molecule has 1 aromatic heterocycles. The fourth-order valence-corrected chi connectivity index (χ4v) is 3.53. The molecule has 0 atom stereocenters. The topological polar surface area (TPSA) is 92.3 Å². The number of carbonyl (C=O) groups is 1. The number of aromatic nitrogens is 2. The molecular formula is C24H22N4O2. The number of carbonyl (C=O) groups excluding carboxylic acids is 1. The van der Waals surface area contributed by atoms with Gasteiger partial charge in [-0.15, -0.1) is 0 Å². The van der Waals surface area contributed by atoms with E-state index in [-0.39, 0.29) is 24.2 Å². The standard InChI is InChI=1S/C24H22N4O2/c1-28(14-16-7-3-2-4-8-16)23(30)22-20-13-17(11-12-21(20)26-24(25)27-22)19-10-6-5-9-18(19)15-29/h2-13,29H,14-15H2,1H3,(H2,25,26,27). The molecule has 0 radical (unpaired) electrons. The molecule has 1 amide bonds. The minimum atomic E-state index is -0.231. The van der Waals surface area contributed by atoms with E-state index in [0.717, 1.165) is 22.3 Å². The van der Waals surface area contributed by atoms with E-state index in [4.69, 9.17) is 5.73 Å². The fraction of sp³-hybridized carbons (Fsp3) is 0.125. The summed E-state index contributed by atoms with van der Waals surface area (Å²) in [7, 11) is 1.74. The van der Waals surface area contributed by atoms with E-state index in [0.29, 0.717) is 17.4 Å². The van der Waals surface area contributed by atoms with E-state index in [1.54, 1.807) is 11.9 Å². The third-order valence-electron chi connectivity index (χ3n) is 5.02. The number of nitrogens with zero attached hydrogens (tertiary/aromatic N) is 3. The van der Waals surface area contributed by atoms with Gasteiger partial charge >= 0.3 is 0 Å². The van der Waals surface area contributed by atoms with Gasteiger partial charge in [0.05, 0.1) is 12.1 Å². The van der Waals surface area contributed by atoms with Gasteiger partial charge in [0, 0.05) is 19.0 Å². The summed E-state index contributed by atoms with van der Waals surface area (Å²) in [4.78, 5) is 23.4. The summed E-state index contributed by atoms with van der Waals surface area (Å²) in [5.41, 5.74) is 10.4. The lowest BCUT2D eigenvalue weighted by molar-refractivity contribution is 0.0781. The number of nitrogens with two attached hydrogens (primary N) is 1. The summed E-state index contributed by atoms with van der Waals surface area (Å²) < 4.78 is 0. The normalized spacial score (nSPS) is 10.9. The highest BCUT2D eigenvalue weighted by Gasteiger charge is 2.19. The third kappa shape index (κ3) is 3.86. The number of hydrogen-bond donors (Lipinski definition) is 2. The molecule has 0 aliphatic rings. The van der Waals surface area contributed by atoms with Crippen molar-refractivity contribution < 1.29 is 9.90 Å². The van der Waals surface area contributed by atoms with Crippen LogP contribution in [0.2, 0.25) is 0 Å². The number of hydrogen-bond acceptors (Lipinski definition) is 5. The zero-order valence-corrected chi connectivity index (χ0v) is 16.6. The molecule has 4 rings (SSSR count). The zero-order chi connectivity index (χ0) is 21.1. The van der Waals surface area contributed by atoms with E-state index in [2.05, 4.69) is 9.97 Å². The fourth-order valence-electron chi connectivity index (χ4n) is 3.53. The second-order valence-corrected chi connectivity index (χ2v) is 7.12. The van der Waals surface area contributed by atoms with E-state index in [9.17, 15) is 9.90 Å². The van der Waals surface area contributed by atoms with Gasteiger partial charge in [-0.1, -0.05) is 60.7 Å². The molecule has 30 heavy (non-hydrogen) atoms. The van der Waals surface area contributed by atoms with Crippen molar-refractivity contribution in [2.45, 2.75) is 13.2 Å². The predicted molar refractivity (Wildman–Crippen MR) is 118 cm³/mol. The van der Waals surface area contributed by atoms with Gasteiger partial charge in [0.1, 0.15) is 5.69 Å². The first kappa shape index (κ1) is 19.5. The van der Waals surface area contributed by atoms with Gasteiger partial charge in [0.25, 0.3) is 5.91 Å². The highest BCUT2D eigenvalue weighted by Crippen LogP contribution is 2.29. The molecule has 0 spiro atoms. The quantitative estimate of drug-likeness (QED) is 0.535. The Hall–Kier alpha value is -3.77. The second kappa shape index (κ2) is 8.31. The second-order valence-electron chi connectivity index (χ2n) is 7.12. The zero-order valence-electron chi connectivity index (χ0n) is 16.6. The summed E-state index contributed by atoms with van der Waals surface area (Å²) in [6.45, 7) is 0.385. The van der Waals surface area contributed by atoms with Gasteiger partial charge < -0.3 is 15.7 Å². The first-order valence-corrected chi connectivity index (χ1v) is 9.62. The molecule has 0 fully saturated rings. The highest BCUT2D eigenvalue weighted by atomic mass is 16.3. The lowest BCUT2D eigenvalue weighted by atomic mass is 9.98. The van der Waals surface area contributed by atoms with Crippen LogP contribution in [0.3, 0.4) is 0 Å². The number of rotatable bonds is 5. The maximum Gasteiger partial charge on any atom is 0.273 e. The van der Waals surface area contributed by atoms with Crippen LogP contribution in [0.4, 0.5) is 5.95 Å². The smallest absolute Gasteiger partial charge is 0.273 e. The van der Waals surface area contributed by atoms with Crippen LogP contribution in [0.5, 0.6) is 0 Å². The number of benzene rings is 3. The summed E-state index contributed by atoms with van der Waals surface area (Å²) in [6, 6.07) is 23.0. The number of amides is 1. The maximum atomic E-state index is 13.2. The van der Waals surface area contributed by atoms with Crippen LogP contribution in [0.15, 0.2) is 72.8 Å². The van der Waals surface area contributed by atoms with Crippen LogP contribution >= 0.6 is 0 Å². The average molecular weight is 398 g/mol. The number of aliphatic hydroxyl groups is 1. The van der Waals surface area contributed by atoms with Gasteiger partial charge in [-0.2, -0.15) is 0 Å². The summed E-state index contributed by atoms with van der Waals surface area (Å²) in [5.74, 6) is -0.173. The summed E-state index contributed by atoms with van der Waals surface area (Å²) in [6.07, 6.45) is 0. The Morgan fingerprint density at radius 2 is 1.73 bits per heavy atom. The number of fused-ring (bicyclic) bond motifs is 1. The first-order valence-electron chi connectivity index (χ1n) is 9.62. The summed E-state index contributed by atoms with van der Waals surface area (Å²) >= 11 is 0. The molecule has 0 saturated carbocycles. The molecule has 0 aliphatic carbocycles. The van der Waals surface area contributed by atoms with Crippen LogP contribution in [-0.4, -0.2) is 32.9 Å². The monoisotopic (exact) mass is 398 g/mol. The molecule has 4 aromatic rings. The van der Waals surface area contributed by atoms with Crippen molar-refractivity contribution in [1.82, 2.24) is 14.9 Å². The SMILES string of the molecule is CN(Cc1ccccc1)C(=O)c1nc(N)nc2ccc(-c3ccccc3CO)cc12. The Balaban J connectivity index is 1.78. The van der Waals surface area contributed by atoms with E-state index in [1.165, 1.54) is 0 Å². The van der Waals surface area contributed by atoms with Crippen LogP contribution in [0.25, 0.3) is 22.0 Å². The molecule has 1 heterocycles. The predicted octanol–water partition coefficient (Wildman–Crippen LogP) is 3.64. The third-order valence-corrected chi connectivity index (χ3v) is 5.02. The van der Waals surface area contributed by atoms with E-state index in [1.807, 2.05) is 72.8 Å². The first-order chi connectivity index (χ1) is 14.6. The largest absolute Gasteiger partial charge is 0.392 e. The average Bonchev–Trinajstić information content (AvgIpc) is 2.78. The lowest BCUT2D eigenvalue weighted by Gasteiger charge is -2.18. The van der Waals surface area contributed by atoms with Crippen LogP contribution in [0, 0.1) is 0 Å². The molecule has 150 valence electrons. The van der Waals surface area contributed by atoms with Crippen molar-refractivity contribution in [2.24, 2.45) is 0 Å². The molecule has 6 nitrogen and oxygen atoms in total. The highest BCUT2D eigenvalue weighted by molar-refractivity contribution is 6.05. The molecule has 0 aliphatic heterocycles. The molecule has 0 saturated heterocycles. The molecule has 0 unspecified atom stereocenters. The summed E-state index contributed by atoms with van der Waals surface area (Å²) in [5, 5.41) is 10.3. The molecule has 3 aromatic carbocycles. The Morgan fingerprint density at radius 1 is 1.00 bits per heavy atom. The Bertz CT molecular complexity index is 1210. The minimum Gasteiger partial charge on any atom is -0.392 e. The van der Waals surface area contributed by atoms with Crippen molar-refractivity contribution in [3.63, 3.8) is 0 Å². The maximum absolute atomic E-state index is 13.2. The Morgan fingerprint density at radius 3 is 2.50 bits per heavy atom. The van der Waals surface area contributed by atoms with Crippen LogP contribution in [0.1, 0.15) is 21.6 Å². The lowest BCUT2D eigenvalue weighted by Crippen LogP contribution is -2.27. The number of anilines is 1. The molecule has 0 bridgehead atoms. The van der Waals surface area contributed by atoms with Crippen LogP contribution in [-0.2, 0) is 13.2 Å². The molecule has 6 heteroatoms. The van der Waals surface area contributed by atoms with Crippen molar-refractivity contribution >= 4 is 22.8 Å². The van der Waals surface area contributed by atoms with Crippen molar-refractivity contribution in [2.75, 3.05) is 12.8 Å². The van der Waals surface area contributed by atoms with Crippen molar-refractivity contribution in [3.8, 4) is 11.1 Å². The Labute approximate surface area is 174 Å². The molecule has 3 N–H and O–H groups in total. The van der Waals surface area contributed by atoms with Gasteiger partial charge in [-0.05, 0) is 34.4 Å². The van der Waals surface area contributed by atoms with E-state index >= 15 is 0 Å². The Kier molecular flexibility index (Phi) is 5.41. The van der Waals surface area contributed by atoms with E-state index < -0.39 is 0 Å². The van der Waals surface area contributed by atoms with Gasteiger partial charge in [0.2, 0.25) is 5.95 Å². The van der Waals surface area contributed by atoms with Crippen molar-refractivity contribution in [3.05, 3.63) is 89.6 Å². The number of aliphatic hydroxyl groups excluding tert-OH is 1.